The molecule has 0 heterocycles. The minimum absolute atomic E-state index is 0.00793. The number of esters is 1. The normalized spacial score (nSPS) is 12.7. The molecule has 0 aliphatic heterocycles. The summed E-state index contributed by atoms with van der Waals surface area (Å²) in [4.78, 5) is 24.6. The van der Waals surface area contributed by atoms with E-state index in [1.165, 1.54) is 250 Å². The van der Waals surface area contributed by atoms with Crippen molar-refractivity contribution in [1.29, 1.82) is 0 Å². The molecule has 0 aromatic heterocycles. The summed E-state index contributed by atoms with van der Waals surface area (Å²) in [7, 11) is 0. The van der Waals surface area contributed by atoms with E-state index in [1.54, 1.807) is 0 Å². The van der Waals surface area contributed by atoms with Gasteiger partial charge in [0.25, 0.3) is 0 Å². The molecule has 0 aromatic carbocycles. The van der Waals surface area contributed by atoms with Gasteiger partial charge in [-0.3, -0.25) is 9.59 Å². The van der Waals surface area contributed by atoms with E-state index in [9.17, 15) is 19.8 Å². The molecule has 0 rings (SSSR count). The predicted molar refractivity (Wildman–Crippen MR) is 310 cm³/mol. The van der Waals surface area contributed by atoms with Crippen LogP contribution in [0.3, 0.4) is 0 Å². The van der Waals surface area contributed by atoms with E-state index in [4.69, 9.17) is 4.74 Å². The van der Waals surface area contributed by atoms with Crippen LogP contribution in [0.4, 0.5) is 0 Å². The van der Waals surface area contributed by atoms with Crippen LogP contribution in [0.5, 0.6) is 0 Å². The van der Waals surface area contributed by atoms with Crippen LogP contribution in [0, 0.1) is 0 Å². The standard InChI is InChI=1S/C65H125NO5/c1-3-5-7-9-11-13-15-17-19-21-23-27-31-35-39-43-47-51-55-59-65(70)71-60-56-52-48-44-40-36-32-28-25-22-24-26-30-34-38-42-46-50-54-58-64(69)66-62(61-67)63(68)57-53-49-45-41-37-33-29-20-18-16-14-12-10-8-6-4-2/h28,32,36,40,62-63,67-68H,3-27,29-31,33-35,37-39,41-61H2,1-2H3,(H,66,69)/b32-28-,40-36-. The van der Waals surface area contributed by atoms with Crippen molar-refractivity contribution < 1.29 is 24.5 Å². The van der Waals surface area contributed by atoms with Crippen LogP contribution in [0.2, 0.25) is 0 Å². The number of rotatable bonds is 60. The minimum Gasteiger partial charge on any atom is -0.466 e. The molecule has 420 valence electrons. The van der Waals surface area contributed by atoms with E-state index < -0.39 is 12.1 Å². The molecule has 6 nitrogen and oxygen atoms in total. The molecule has 3 N–H and O–H groups in total. The summed E-state index contributed by atoms with van der Waals surface area (Å²) in [5, 5.41) is 23.3. The molecule has 71 heavy (non-hydrogen) atoms. The number of ether oxygens (including phenoxy) is 1. The number of hydrogen-bond donors (Lipinski definition) is 3. The Morgan fingerprint density at radius 2 is 0.690 bits per heavy atom. The largest absolute Gasteiger partial charge is 0.466 e. The van der Waals surface area contributed by atoms with Gasteiger partial charge in [0.1, 0.15) is 0 Å². The second kappa shape index (κ2) is 60.9. The third-order valence-corrected chi connectivity index (χ3v) is 15.0. The first kappa shape index (κ1) is 69.3. The van der Waals surface area contributed by atoms with Crippen LogP contribution in [-0.2, 0) is 14.3 Å². The molecule has 0 bridgehead atoms. The number of amides is 1. The number of carbonyl (C=O) groups excluding carboxylic acids is 2. The van der Waals surface area contributed by atoms with Crippen LogP contribution in [0.1, 0.15) is 354 Å². The Hall–Kier alpha value is -1.66. The molecule has 2 atom stereocenters. The van der Waals surface area contributed by atoms with Gasteiger partial charge in [0.2, 0.25) is 5.91 Å². The van der Waals surface area contributed by atoms with Gasteiger partial charge in [-0.1, -0.05) is 308 Å². The molecule has 0 aliphatic rings. The summed E-state index contributed by atoms with van der Waals surface area (Å²) >= 11 is 0. The predicted octanol–water partition coefficient (Wildman–Crippen LogP) is 20.2. The lowest BCUT2D eigenvalue weighted by Crippen LogP contribution is -2.45. The number of carbonyl (C=O) groups is 2. The highest BCUT2D eigenvalue weighted by Gasteiger charge is 2.20. The van der Waals surface area contributed by atoms with Gasteiger partial charge < -0.3 is 20.3 Å². The minimum atomic E-state index is -0.671. The van der Waals surface area contributed by atoms with Crippen LogP contribution < -0.4 is 5.32 Å². The van der Waals surface area contributed by atoms with Crippen molar-refractivity contribution in [1.82, 2.24) is 5.32 Å². The van der Waals surface area contributed by atoms with E-state index in [-0.39, 0.29) is 18.5 Å². The Labute approximate surface area is 443 Å². The van der Waals surface area contributed by atoms with Gasteiger partial charge in [0, 0.05) is 12.8 Å². The highest BCUT2D eigenvalue weighted by molar-refractivity contribution is 5.76. The van der Waals surface area contributed by atoms with E-state index in [0.717, 1.165) is 70.6 Å². The van der Waals surface area contributed by atoms with E-state index in [1.807, 2.05) is 0 Å². The van der Waals surface area contributed by atoms with Gasteiger partial charge in [0.05, 0.1) is 25.4 Å². The molecule has 0 spiro atoms. The topological polar surface area (TPSA) is 95.9 Å². The van der Waals surface area contributed by atoms with Gasteiger partial charge in [-0.25, -0.2) is 0 Å². The SMILES string of the molecule is CCCCCCCCCCCCCCCCCCCCCC(=O)OCCCCC/C=C\C=C/CCCCCCCCCCCCC(=O)NC(CO)C(O)CCCCCCCCCCCCCCCCCC. The zero-order valence-corrected chi connectivity index (χ0v) is 48.0. The van der Waals surface area contributed by atoms with Crippen LogP contribution in [0.15, 0.2) is 24.3 Å². The molecule has 0 saturated carbocycles. The first-order valence-corrected chi connectivity index (χ1v) is 32.1. The quantitative estimate of drug-likeness (QED) is 0.0320. The lowest BCUT2D eigenvalue weighted by molar-refractivity contribution is -0.143. The maximum atomic E-state index is 12.5. The number of hydrogen-bond acceptors (Lipinski definition) is 5. The van der Waals surface area contributed by atoms with Gasteiger partial charge in [-0.2, -0.15) is 0 Å². The number of aliphatic hydroxyl groups is 2. The molecular formula is C65H125NO5. The summed E-state index contributed by atoms with van der Waals surface area (Å²) in [6.07, 6.45) is 74.8. The number of aliphatic hydroxyl groups excluding tert-OH is 2. The van der Waals surface area contributed by atoms with Crippen molar-refractivity contribution in [2.24, 2.45) is 0 Å². The highest BCUT2D eigenvalue weighted by Crippen LogP contribution is 2.18. The van der Waals surface area contributed by atoms with Gasteiger partial charge >= 0.3 is 5.97 Å². The third kappa shape index (κ3) is 57.5. The second-order valence-corrected chi connectivity index (χ2v) is 22.1. The zero-order valence-electron chi connectivity index (χ0n) is 48.0. The lowest BCUT2D eigenvalue weighted by Gasteiger charge is -2.22. The average Bonchev–Trinajstić information content (AvgIpc) is 3.37. The summed E-state index contributed by atoms with van der Waals surface area (Å²) in [6, 6.07) is -0.549. The van der Waals surface area contributed by atoms with Crippen molar-refractivity contribution in [2.75, 3.05) is 13.2 Å². The molecule has 2 unspecified atom stereocenters. The Bertz CT molecular complexity index is 1110. The summed E-state index contributed by atoms with van der Waals surface area (Å²) < 4.78 is 5.48. The maximum absolute atomic E-state index is 12.5. The Balaban J connectivity index is 3.44. The molecular weight excluding hydrogens is 875 g/mol. The van der Waals surface area contributed by atoms with Crippen molar-refractivity contribution in [3.63, 3.8) is 0 Å². The fraction of sp³-hybridized carbons (Fsp3) is 0.908. The van der Waals surface area contributed by atoms with Crippen molar-refractivity contribution in [3.05, 3.63) is 24.3 Å². The van der Waals surface area contributed by atoms with E-state index in [0.29, 0.717) is 25.9 Å². The molecule has 0 fully saturated rings. The second-order valence-electron chi connectivity index (χ2n) is 22.1. The molecule has 0 aromatic rings. The van der Waals surface area contributed by atoms with Crippen LogP contribution >= 0.6 is 0 Å². The Kier molecular flexibility index (Phi) is 59.5. The lowest BCUT2D eigenvalue weighted by atomic mass is 10.0. The van der Waals surface area contributed by atoms with Crippen LogP contribution in [-0.4, -0.2) is 47.4 Å². The van der Waals surface area contributed by atoms with E-state index >= 15 is 0 Å². The van der Waals surface area contributed by atoms with E-state index in [2.05, 4.69) is 43.5 Å². The van der Waals surface area contributed by atoms with Gasteiger partial charge in [0.15, 0.2) is 0 Å². The Morgan fingerprint density at radius 3 is 1.04 bits per heavy atom. The average molecular weight is 1000 g/mol. The number of allylic oxidation sites excluding steroid dienone is 4. The number of unbranched alkanes of at least 4 members (excludes halogenated alkanes) is 46. The smallest absolute Gasteiger partial charge is 0.305 e. The van der Waals surface area contributed by atoms with Gasteiger partial charge in [-0.05, 0) is 57.8 Å². The summed E-state index contributed by atoms with van der Waals surface area (Å²) in [5.41, 5.74) is 0. The molecule has 0 saturated heterocycles. The Morgan fingerprint density at radius 1 is 0.394 bits per heavy atom. The zero-order chi connectivity index (χ0) is 51.4. The monoisotopic (exact) mass is 1000 g/mol. The molecule has 0 radical (unpaired) electrons. The molecule has 6 heteroatoms. The molecule has 0 aliphatic carbocycles. The fourth-order valence-electron chi connectivity index (χ4n) is 10.1. The first-order valence-electron chi connectivity index (χ1n) is 32.1. The van der Waals surface area contributed by atoms with Gasteiger partial charge in [-0.15, -0.1) is 0 Å². The van der Waals surface area contributed by atoms with Crippen molar-refractivity contribution in [2.45, 2.75) is 366 Å². The third-order valence-electron chi connectivity index (χ3n) is 15.0. The summed E-state index contributed by atoms with van der Waals surface area (Å²) in [6.45, 7) is 4.94. The first-order chi connectivity index (χ1) is 35.0. The van der Waals surface area contributed by atoms with Crippen LogP contribution in [0.25, 0.3) is 0 Å². The fourth-order valence-corrected chi connectivity index (χ4v) is 10.1. The van der Waals surface area contributed by atoms with Crippen molar-refractivity contribution in [3.8, 4) is 0 Å². The summed E-state index contributed by atoms with van der Waals surface area (Å²) in [5.74, 6) is -0.0503. The highest BCUT2D eigenvalue weighted by atomic mass is 16.5. The number of nitrogens with one attached hydrogen (secondary N) is 1. The molecule has 1 amide bonds. The van der Waals surface area contributed by atoms with Crippen molar-refractivity contribution >= 4 is 11.9 Å². The maximum Gasteiger partial charge on any atom is 0.305 e.